The Balaban J connectivity index is 3.60. The third kappa shape index (κ3) is 4.01. The summed E-state index contributed by atoms with van der Waals surface area (Å²) in [4.78, 5) is 0. The molecule has 2 unspecified atom stereocenters. The molecule has 1 aromatic rings. The van der Waals surface area contributed by atoms with E-state index < -0.39 is 8.80 Å². The summed E-state index contributed by atoms with van der Waals surface area (Å²) in [6.45, 7) is 11.0. The molecule has 4 nitrogen and oxygen atoms in total. The van der Waals surface area contributed by atoms with Gasteiger partial charge in [0.15, 0.2) is 0 Å². The van der Waals surface area contributed by atoms with E-state index in [1.165, 1.54) is 5.56 Å². The molecule has 1 aromatic carbocycles. The predicted molar refractivity (Wildman–Crippen MR) is 106 cm³/mol. The molecule has 25 heavy (non-hydrogen) atoms. The van der Waals surface area contributed by atoms with Gasteiger partial charge in [-0.1, -0.05) is 58.0 Å². The monoisotopic (exact) mass is 367 g/mol. The zero-order chi connectivity index (χ0) is 19.3. The van der Waals surface area contributed by atoms with Crippen molar-refractivity contribution in [1.29, 1.82) is 0 Å². The van der Waals surface area contributed by atoms with Crippen molar-refractivity contribution in [1.82, 2.24) is 0 Å². The van der Waals surface area contributed by atoms with Gasteiger partial charge in [-0.2, -0.15) is 0 Å². The molecule has 0 saturated heterocycles. The van der Waals surface area contributed by atoms with E-state index in [2.05, 4.69) is 58.9 Å². The Bertz CT molecular complexity index is 485. The van der Waals surface area contributed by atoms with Gasteiger partial charge in [-0.05, 0) is 36.7 Å². The van der Waals surface area contributed by atoms with Gasteiger partial charge in [0.2, 0.25) is 0 Å². The minimum absolute atomic E-state index is 0.0164. The molecule has 2 atom stereocenters. The third-order valence-corrected chi connectivity index (χ3v) is 9.99. The molecule has 1 rings (SSSR count). The zero-order valence-electron chi connectivity index (χ0n) is 17.2. The number of hydrogen-bond donors (Lipinski definition) is 1. The van der Waals surface area contributed by atoms with E-state index in [9.17, 15) is 0 Å². The van der Waals surface area contributed by atoms with Gasteiger partial charge in [0.25, 0.3) is 0 Å². The van der Waals surface area contributed by atoms with E-state index in [1.807, 2.05) is 6.07 Å². The van der Waals surface area contributed by atoms with Gasteiger partial charge in [0.05, 0.1) is 0 Å². The van der Waals surface area contributed by atoms with E-state index >= 15 is 0 Å². The SMILES string of the molecule is CO[Si](OC)(OC)C(C(C)C)(C(C)C)C(Cc1ccccc1)C(C)N. The van der Waals surface area contributed by atoms with E-state index in [4.69, 9.17) is 19.0 Å². The lowest BCUT2D eigenvalue weighted by molar-refractivity contribution is 0.0253. The van der Waals surface area contributed by atoms with E-state index in [-0.39, 0.29) is 17.0 Å². The van der Waals surface area contributed by atoms with Gasteiger partial charge in [-0.3, -0.25) is 0 Å². The summed E-state index contributed by atoms with van der Waals surface area (Å²) in [7, 11) is 2.14. The van der Waals surface area contributed by atoms with Crippen LogP contribution in [0.1, 0.15) is 40.2 Å². The molecule has 0 spiro atoms. The van der Waals surface area contributed by atoms with Gasteiger partial charge in [0, 0.05) is 32.4 Å². The van der Waals surface area contributed by atoms with E-state index in [0.29, 0.717) is 11.8 Å². The highest BCUT2D eigenvalue weighted by molar-refractivity contribution is 6.64. The van der Waals surface area contributed by atoms with Crippen LogP contribution in [0, 0.1) is 17.8 Å². The molecule has 0 radical (unpaired) electrons. The van der Waals surface area contributed by atoms with Crippen molar-refractivity contribution in [3.63, 3.8) is 0 Å². The molecular formula is C20H37NO3Si. The van der Waals surface area contributed by atoms with Crippen LogP contribution in [0.15, 0.2) is 30.3 Å². The maximum atomic E-state index is 6.56. The average molecular weight is 368 g/mol. The van der Waals surface area contributed by atoms with Gasteiger partial charge >= 0.3 is 8.80 Å². The molecule has 0 aliphatic heterocycles. The van der Waals surface area contributed by atoms with Crippen molar-refractivity contribution in [2.75, 3.05) is 21.3 Å². The van der Waals surface area contributed by atoms with Crippen LogP contribution in [0.25, 0.3) is 0 Å². The van der Waals surface area contributed by atoms with Crippen LogP contribution < -0.4 is 5.73 Å². The molecule has 0 saturated carbocycles. The lowest BCUT2D eigenvalue weighted by atomic mass is 9.69. The third-order valence-electron chi connectivity index (χ3n) is 5.79. The summed E-state index contributed by atoms with van der Waals surface area (Å²) in [6.07, 6.45) is 0.875. The predicted octanol–water partition coefficient (Wildman–Crippen LogP) is 4.12. The van der Waals surface area contributed by atoms with Crippen LogP contribution in [0.4, 0.5) is 0 Å². The second-order valence-corrected chi connectivity index (χ2v) is 10.8. The second-order valence-electron chi connectivity index (χ2n) is 7.57. The smallest absolute Gasteiger partial charge is 0.376 e. The summed E-state index contributed by atoms with van der Waals surface area (Å²) in [5.41, 5.74) is 7.84. The summed E-state index contributed by atoms with van der Waals surface area (Å²) in [5.74, 6) is 0.749. The van der Waals surface area contributed by atoms with Gasteiger partial charge in [-0.25, -0.2) is 0 Å². The highest BCUT2D eigenvalue weighted by Gasteiger charge is 2.66. The molecule has 0 fully saturated rings. The fourth-order valence-corrected chi connectivity index (χ4v) is 8.69. The molecule has 0 amide bonds. The topological polar surface area (TPSA) is 53.7 Å². The van der Waals surface area contributed by atoms with Gasteiger partial charge in [0.1, 0.15) is 0 Å². The molecular weight excluding hydrogens is 330 g/mol. The molecule has 0 aliphatic rings. The Hall–Kier alpha value is -0.723. The Morgan fingerprint density at radius 1 is 0.880 bits per heavy atom. The lowest BCUT2D eigenvalue weighted by Crippen LogP contribution is -2.64. The summed E-state index contributed by atoms with van der Waals surface area (Å²) >= 11 is 0. The van der Waals surface area contributed by atoms with Crippen molar-refractivity contribution in [2.45, 2.75) is 52.1 Å². The van der Waals surface area contributed by atoms with Crippen molar-refractivity contribution in [2.24, 2.45) is 23.5 Å². The lowest BCUT2D eigenvalue weighted by Gasteiger charge is -2.54. The van der Waals surface area contributed by atoms with Crippen LogP contribution in [-0.4, -0.2) is 36.2 Å². The van der Waals surface area contributed by atoms with Gasteiger partial charge in [-0.15, -0.1) is 0 Å². The fraction of sp³-hybridized carbons (Fsp3) is 0.700. The fourth-order valence-electron chi connectivity index (χ4n) is 4.90. The van der Waals surface area contributed by atoms with Crippen molar-refractivity contribution < 1.29 is 13.3 Å². The first-order chi connectivity index (χ1) is 11.7. The molecule has 0 bridgehead atoms. The molecule has 5 heteroatoms. The largest absolute Gasteiger partial charge is 0.507 e. The average Bonchev–Trinajstić information content (AvgIpc) is 2.58. The maximum absolute atomic E-state index is 6.56. The van der Waals surface area contributed by atoms with Crippen LogP contribution >= 0.6 is 0 Å². The Kier molecular flexibility index (Phi) is 8.29. The zero-order valence-corrected chi connectivity index (χ0v) is 18.2. The van der Waals surface area contributed by atoms with Crippen LogP contribution in [0.3, 0.4) is 0 Å². The Morgan fingerprint density at radius 3 is 1.64 bits per heavy atom. The quantitative estimate of drug-likeness (QED) is 0.632. The summed E-state index contributed by atoms with van der Waals surface area (Å²) in [6, 6.07) is 10.5. The first-order valence-corrected chi connectivity index (χ1v) is 10.9. The molecule has 144 valence electrons. The van der Waals surface area contributed by atoms with E-state index in [1.54, 1.807) is 21.3 Å². The highest BCUT2D eigenvalue weighted by atomic mass is 28.4. The highest BCUT2D eigenvalue weighted by Crippen LogP contribution is 2.59. The number of nitrogens with two attached hydrogens (primary N) is 1. The first-order valence-electron chi connectivity index (χ1n) is 9.18. The Morgan fingerprint density at radius 2 is 1.32 bits per heavy atom. The van der Waals surface area contributed by atoms with Crippen LogP contribution in [0.2, 0.25) is 5.04 Å². The Labute approximate surface area is 155 Å². The van der Waals surface area contributed by atoms with Crippen molar-refractivity contribution in [3.8, 4) is 0 Å². The van der Waals surface area contributed by atoms with Gasteiger partial charge < -0.3 is 19.0 Å². The normalized spacial score (nSPS) is 15.6. The minimum atomic E-state index is -2.98. The molecule has 0 aromatic heterocycles. The van der Waals surface area contributed by atoms with E-state index in [0.717, 1.165) is 6.42 Å². The summed E-state index contributed by atoms with van der Waals surface area (Å²) < 4.78 is 18.1. The number of rotatable bonds is 10. The first kappa shape index (κ1) is 22.3. The molecule has 0 heterocycles. The van der Waals surface area contributed by atoms with Crippen LogP contribution in [-0.2, 0) is 19.7 Å². The van der Waals surface area contributed by atoms with Crippen molar-refractivity contribution >= 4 is 8.80 Å². The standard InChI is InChI=1S/C20H37NO3Si/c1-15(2)20(16(3)4,25(22-6,23-7)24-8)19(17(5)21)14-18-12-10-9-11-13-18/h9-13,15-17,19H,14,21H2,1-8H3. The number of hydrogen-bond acceptors (Lipinski definition) is 4. The maximum Gasteiger partial charge on any atom is 0.507 e. The number of benzene rings is 1. The van der Waals surface area contributed by atoms with Crippen LogP contribution in [0.5, 0.6) is 0 Å². The molecule has 2 N–H and O–H groups in total. The minimum Gasteiger partial charge on any atom is -0.376 e. The summed E-state index contributed by atoms with van der Waals surface area (Å²) in [5, 5.41) is -0.296. The molecule has 0 aliphatic carbocycles. The van der Waals surface area contributed by atoms with Crippen molar-refractivity contribution in [3.05, 3.63) is 35.9 Å². The second kappa shape index (κ2) is 9.28.